The van der Waals surface area contributed by atoms with Crippen molar-refractivity contribution in [2.24, 2.45) is 0 Å². The Bertz CT molecular complexity index is 678. The summed E-state index contributed by atoms with van der Waals surface area (Å²) in [5.74, 6) is -0.485. The van der Waals surface area contributed by atoms with Crippen molar-refractivity contribution >= 4 is 39.6 Å². The van der Waals surface area contributed by atoms with Crippen LogP contribution >= 0.6 is 22.9 Å². The van der Waals surface area contributed by atoms with Gasteiger partial charge in [0.05, 0.1) is 34.5 Å². The molecule has 0 aliphatic heterocycles. The van der Waals surface area contributed by atoms with E-state index in [0.29, 0.717) is 21.3 Å². The number of carbonyl (C=O) groups excluding carboxylic acids is 1. The standard InChI is InChI=1S/C13H10ClN3O2S/c1-2-19-13(18)11-12(20-7-16-11)17-10-4-3-8(6-15)5-9(10)14/h3-5,7,17H,2H2,1H3. The maximum absolute atomic E-state index is 11.7. The third-order valence-electron chi connectivity index (χ3n) is 2.38. The first kappa shape index (κ1) is 14.3. The molecule has 102 valence electrons. The summed E-state index contributed by atoms with van der Waals surface area (Å²) in [5, 5.41) is 12.8. The monoisotopic (exact) mass is 307 g/mol. The van der Waals surface area contributed by atoms with E-state index in [1.54, 1.807) is 30.6 Å². The summed E-state index contributed by atoms with van der Waals surface area (Å²) in [6.07, 6.45) is 0. The highest BCUT2D eigenvalue weighted by Gasteiger charge is 2.17. The van der Waals surface area contributed by atoms with Gasteiger partial charge in [-0.3, -0.25) is 0 Å². The molecule has 0 unspecified atom stereocenters. The zero-order chi connectivity index (χ0) is 14.5. The molecular formula is C13H10ClN3O2S. The highest BCUT2D eigenvalue weighted by molar-refractivity contribution is 7.14. The lowest BCUT2D eigenvalue weighted by Gasteiger charge is -2.08. The number of aromatic nitrogens is 1. The largest absolute Gasteiger partial charge is 0.461 e. The van der Waals surface area contributed by atoms with E-state index in [1.165, 1.54) is 11.3 Å². The van der Waals surface area contributed by atoms with Crippen molar-refractivity contribution in [1.82, 2.24) is 4.98 Å². The van der Waals surface area contributed by atoms with Crippen LogP contribution < -0.4 is 5.32 Å². The van der Waals surface area contributed by atoms with Gasteiger partial charge in [-0.15, -0.1) is 11.3 Å². The zero-order valence-corrected chi connectivity index (χ0v) is 12.1. The van der Waals surface area contributed by atoms with Crippen LogP contribution in [0.4, 0.5) is 10.7 Å². The number of esters is 1. The first-order valence-corrected chi connectivity index (χ1v) is 6.98. The van der Waals surface area contributed by atoms with E-state index in [1.807, 2.05) is 6.07 Å². The molecule has 0 amide bonds. The van der Waals surface area contributed by atoms with E-state index in [2.05, 4.69) is 10.3 Å². The Balaban J connectivity index is 2.25. The molecule has 0 atom stereocenters. The van der Waals surface area contributed by atoms with Crippen LogP contribution in [-0.4, -0.2) is 17.6 Å². The van der Waals surface area contributed by atoms with Gasteiger partial charge >= 0.3 is 5.97 Å². The summed E-state index contributed by atoms with van der Waals surface area (Å²) in [4.78, 5) is 15.7. The molecular weight excluding hydrogens is 298 g/mol. The second-order valence-corrected chi connectivity index (χ2v) is 4.94. The quantitative estimate of drug-likeness (QED) is 0.874. The molecule has 1 heterocycles. The Morgan fingerprint density at radius 2 is 2.40 bits per heavy atom. The molecule has 0 saturated carbocycles. The van der Waals surface area contributed by atoms with Crippen molar-refractivity contribution in [3.63, 3.8) is 0 Å². The van der Waals surface area contributed by atoms with Crippen LogP contribution in [0, 0.1) is 11.3 Å². The number of benzene rings is 1. The third-order valence-corrected chi connectivity index (χ3v) is 3.44. The Labute approximate surface area is 124 Å². The topological polar surface area (TPSA) is 75.0 Å². The molecule has 7 heteroatoms. The van der Waals surface area contributed by atoms with Crippen LogP contribution in [0.1, 0.15) is 23.0 Å². The summed E-state index contributed by atoms with van der Waals surface area (Å²) in [5.41, 5.74) is 2.83. The second kappa shape index (κ2) is 6.37. The summed E-state index contributed by atoms with van der Waals surface area (Å²) in [6.45, 7) is 2.02. The summed E-state index contributed by atoms with van der Waals surface area (Å²) in [6, 6.07) is 6.87. The van der Waals surface area contributed by atoms with Crippen molar-refractivity contribution in [2.75, 3.05) is 11.9 Å². The summed E-state index contributed by atoms with van der Waals surface area (Å²) < 4.78 is 4.92. The Morgan fingerprint density at radius 1 is 1.60 bits per heavy atom. The van der Waals surface area contributed by atoms with E-state index in [-0.39, 0.29) is 12.3 Å². The predicted octanol–water partition coefficient (Wildman–Crippen LogP) is 3.59. The van der Waals surface area contributed by atoms with Crippen molar-refractivity contribution in [2.45, 2.75) is 6.92 Å². The molecule has 1 aromatic carbocycles. The maximum Gasteiger partial charge on any atom is 0.360 e. The predicted molar refractivity (Wildman–Crippen MR) is 77.5 cm³/mol. The molecule has 0 fully saturated rings. The molecule has 0 saturated heterocycles. The van der Waals surface area contributed by atoms with E-state index in [0.717, 1.165) is 0 Å². The molecule has 0 aliphatic rings. The molecule has 5 nitrogen and oxygen atoms in total. The van der Waals surface area contributed by atoms with Crippen molar-refractivity contribution in [3.05, 3.63) is 40.0 Å². The van der Waals surface area contributed by atoms with Crippen LogP contribution in [0.5, 0.6) is 0 Å². The van der Waals surface area contributed by atoms with Crippen LogP contribution in [-0.2, 0) is 4.74 Å². The minimum atomic E-state index is -0.485. The molecule has 1 aromatic heterocycles. The normalized spacial score (nSPS) is 9.85. The highest BCUT2D eigenvalue weighted by Crippen LogP contribution is 2.30. The van der Waals surface area contributed by atoms with Gasteiger partial charge in [-0.1, -0.05) is 11.6 Å². The van der Waals surface area contributed by atoms with Crippen LogP contribution in [0.3, 0.4) is 0 Å². The van der Waals surface area contributed by atoms with Crippen molar-refractivity contribution in [1.29, 1.82) is 5.26 Å². The van der Waals surface area contributed by atoms with Crippen molar-refractivity contribution in [3.8, 4) is 6.07 Å². The van der Waals surface area contributed by atoms with E-state index < -0.39 is 5.97 Å². The maximum atomic E-state index is 11.7. The first-order chi connectivity index (χ1) is 9.65. The van der Waals surface area contributed by atoms with E-state index in [4.69, 9.17) is 21.6 Å². The first-order valence-electron chi connectivity index (χ1n) is 5.73. The molecule has 0 bridgehead atoms. The Kier molecular flexibility index (Phi) is 4.56. The average Bonchev–Trinajstić information content (AvgIpc) is 2.89. The lowest BCUT2D eigenvalue weighted by Crippen LogP contribution is -2.07. The molecule has 0 radical (unpaired) electrons. The number of anilines is 2. The average molecular weight is 308 g/mol. The number of carbonyl (C=O) groups is 1. The van der Waals surface area contributed by atoms with Gasteiger partial charge in [0.1, 0.15) is 5.00 Å². The fourth-order valence-corrected chi connectivity index (χ4v) is 2.40. The minimum Gasteiger partial charge on any atom is -0.461 e. The number of halogens is 1. The van der Waals surface area contributed by atoms with Gasteiger partial charge in [0.2, 0.25) is 0 Å². The highest BCUT2D eigenvalue weighted by atomic mass is 35.5. The number of ether oxygens (including phenoxy) is 1. The fraction of sp³-hybridized carbons (Fsp3) is 0.154. The van der Waals surface area contributed by atoms with Gasteiger partial charge in [-0.25, -0.2) is 9.78 Å². The molecule has 2 aromatic rings. The summed E-state index contributed by atoms with van der Waals surface area (Å²) in [7, 11) is 0. The molecule has 2 rings (SSSR count). The molecule has 20 heavy (non-hydrogen) atoms. The van der Waals surface area contributed by atoms with E-state index in [9.17, 15) is 4.79 Å². The van der Waals surface area contributed by atoms with Gasteiger partial charge in [-0.05, 0) is 25.1 Å². The molecule has 0 spiro atoms. The number of thiazole rings is 1. The lowest BCUT2D eigenvalue weighted by atomic mass is 10.2. The second-order valence-electron chi connectivity index (χ2n) is 3.68. The van der Waals surface area contributed by atoms with Crippen molar-refractivity contribution < 1.29 is 9.53 Å². The van der Waals surface area contributed by atoms with Gasteiger partial charge in [-0.2, -0.15) is 5.26 Å². The number of hydrogen-bond acceptors (Lipinski definition) is 6. The van der Waals surface area contributed by atoms with Crippen LogP contribution in [0.15, 0.2) is 23.7 Å². The SMILES string of the molecule is CCOC(=O)c1ncsc1Nc1ccc(C#N)cc1Cl. The van der Waals surface area contributed by atoms with Crippen LogP contribution in [0.2, 0.25) is 5.02 Å². The smallest absolute Gasteiger partial charge is 0.360 e. The molecule has 0 aliphatic carbocycles. The Morgan fingerprint density at radius 3 is 3.05 bits per heavy atom. The van der Waals surface area contributed by atoms with E-state index >= 15 is 0 Å². The summed E-state index contributed by atoms with van der Waals surface area (Å²) >= 11 is 7.34. The number of nitrogens with one attached hydrogen (secondary N) is 1. The Hall–Kier alpha value is -2.10. The van der Waals surface area contributed by atoms with Crippen LogP contribution in [0.25, 0.3) is 0 Å². The molecule has 1 N–H and O–H groups in total. The number of hydrogen-bond donors (Lipinski definition) is 1. The number of rotatable bonds is 4. The number of nitrogens with zero attached hydrogens (tertiary/aromatic N) is 2. The van der Waals surface area contributed by atoms with Gasteiger partial charge in [0.15, 0.2) is 5.69 Å². The zero-order valence-electron chi connectivity index (χ0n) is 10.5. The third kappa shape index (κ3) is 3.07. The van der Waals surface area contributed by atoms with Gasteiger partial charge in [0, 0.05) is 0 Å². The lowest BCUT2D eigenvalue weighted by molar-refractivity contribution is 0.0521. The van der Waals surface area contributed by atoms with Gasteiger partial charge < -0.3 is 10.1 Å². The minimum absolute atomic E-state index is 0.220. The number of nitriles is 1. The fourth-order valence-electron chi connectivity index (χ4n) is 1.49. The van der Waals surface area contributed by atoms with Gasteiger partial charge in [0.25, 0.3) is 0 Å².